The van der Waals surface area contributed by atoms with Crippen molar-refractivity contribution in [2.45, 2.75) is 24.8 Å². The maximum atomic E-state index is 12.6. The Labute approximate surface area is 120 Å². The Bertz CT molecular complexity index is 495. The molecule has 4 nitrogen and oxygen atoms in total. The highest BCUT2D eigenvalue weighted by Crippen LogP contribution is 2.42. The van der Waals surface area contributed by atoms with E-state index in [1.807, 2.05) is 6.07 Å². The minimum absolute atomic E-state index is 0.107. The Kier molecular flexibility index (Phi) is 3.76. The fraction of sp³-hybridized carbons (Fsp3) is 0.562. The molecule has 1 aliphatic carbocycles. The zero-order valence-corrected chi connectivity index (χ0v) is 12.0. The molecule has 0 aromatic heterocycles. The molecule has 20 heavy (non-hydrogen) atoms. The molecule has 0 saturated carbocycles. The van der Waals surface area contributed by atoms with Crippen molar-refractivity contribution in [2.75, 3.05) is 33.3 Å². The molecule has 1 heterocycles. The standard InChI is InChI=1S/C16H22N2O2/c1-20-15(19)16(18-11-4-9-17-10-12-18)8-7-13-5-2-3-6-14(13)16/h2-3,5-6,17H,4,7-12H2,1H3. The van der Waals surface area contributed by atoms with Crippen LogP contribution < -0.4 is 5.32 Å². The lowest BCUT2D eigenvalue weighted by molar-refractivity contribution is -0.156. The van der Waals surface area contributed by atoms with Gasteiger partial charge in [0.15, 0.2) is 0 Å². The molecule has 1 aromatic rings. The lowest BCUT2D eigenvalue weighted by atomic mass is 9.89. The van der Waals surface area contributed by atoms with Crippen molar-refractivity contribution in [3.63, 3.8) is 0 Å². The topological polar surface area (TPSA) is 41.6 Å². The number of rotatable bonds is 2. The summed E-state index contributed by atoms with van der Waals surface area (Å²) in [6, 6.07) is 8.31. The van der Waals surface area contributed by atoms with Gasteiger partial charge >= 0.3 is 5.97 Å². The third kappa shape index (κ3) is 2.03. The molecule has 2 aliphatic rings. The van der Waals surface area contributed by atoms with Crippen LogP contribution >= 0.6 is 0 Å². The van der Waals surface area contributed by atoms with Gasteiger partial charge in [0, 0.05) is 19.6 Å². The molecule has 1 aromatic carbocycles. The number of methoxy groups -OCH3 is 1. The Morgan fingerprint density at radius 2 is 2.15 bits per heavy atom. The van der Waals surface area contributed by atoms with E-state index in [9.17, 15) is 4.79 Å². The summed E-state index contributed by atoms with van der Waals surface area (Å²) in [4.78, 5) is 15.0. The number of hydrogen-bond acceptors (Lipinski definition) is 4. The summed E-state index contributed by atoms with van der Waals surface area (Å²) in [7, 11) is 1.50. The SMILES string of the molecule is COC(=O)C1(N2CCCNCC2)CCc2ccccc21. The number of fused-ring (bicyclic) bond motifs is 1. The molecule has 4 heteroatoms. The van der Waals surface area contributed by atoms with Crippen LogP contribution in [0.3, 0.4) is 0 Å². The number of benzene rings is 1. The molecule has 1 atom stereocenters. The maximum absolute atomic E-state index is 12.6. The third-order valence-electron chi connectivity index (χ3n) is 4.62. The van der Waals surface area contributed by atoms with E-state index in [-0.39, 0.29) is 5.97 Å². The van der Waals surface area contributed by atoms with Gasteiger partial charge in [0.05, 0.1) is 7.11 Å². The first-order valence-electron chi connectivity index (χ1n) is 7.41. The zero-order chi connectivity index (χ0) is 14.0. The van der Waals surface area contributed by atoms with Crippen LogP contribution in [-0.4, -0.2) is 44.2 Å². The summed E-state index contributed by atoms with van der Waals surface area (Å²) in [6.07, 6.45) is 2.86. The third-order valence-corrected chi connectivity index (χ3v) is 4.62. The van der Waals surface area contributed by atoms with Crippen molar-refractivity contribution < 1.29 is 9.53 Å². The van der Waals surface area contributed by atoms with E-state index in [1.165, 1.54) is 12.7 Å². The summed E-state index contributed by atoms with van der Waals surface area (Å²) in [5.41, 5.74) is 1.86. The number of carbonyl (C=O) groups excluding carboxylic acids is 1. The molecule has 1 N–H and O–H groups in total. The number of esters is 1. The van der Waals surface area contributed by atoms with Crippen molar-refractivity contribution >= 4 is 5.97 Å². The number of hydrogen-bond donors (Lipinski definition) is 1. The van der Waals surface area contributed by atoms with Crippen LogP contribution in [0.5, 0.6) is 0 Å². The van der Waals surface area contributed by atoms with Crippen LogP contribution in [0.1, 0.15) is 24.0 Å². The van der Waals surface area contributed by atoms with E-state index in [2.05, 4.69) is 28.4 Å². The molecule has 1 fully saturated rings. The molecule has 1 unspecified atom stereocenters. The quantitative estimate of drug-likeness (QED) is 0.825. The Morgan fingerprint density at radius 3 is 3.00 bits per heavy atom. The number of aryl methyl sites for hydroxylation is 1. The highest BCUT2D eigenvalue weighted by molar-refractivity contribution is 5.84. The second kappa shape index (κ2) is 5.54. The van der Waals surface area contributed by atoms with E-state index in [0.717, 1.165) is 51.0 Å². The highest BCUT2D eigenvalue weighted by Gasteiger charge is 2.50. The van der Waals surface area contributed by atoms with E-state index >= 15 is 0 Å². The first-order valence-corrected chi connectivity index (χ1v) is 7.41. The number of nitrogens with one attached hydrogen (secondary N) is 1. The lowest BCUT2D eigenvalue weighted by Crippen LogP contribution is -2.52. The van der Waals surface area contributed by atoms with Crippen molar-refractivity contribution in [2.24, 2.45) is 0 Å². The average Bonchev–Trinajstić information content (AvgIpc) is 2.69. The molecule has 0 spiro atoms. The van der Waals surface area contributed by atoms with Gasteiger partial charge in [0.1, 0.15) is 5.54 Å². The second-order valence-corrected chi connectivity index (χ2v) is 5.60. The van der Waals surface area contributed by atoms with Crippen molar-refractivity contribution in [3.05, 3.63) is 35.4 Å². The molecule has 1 aliphatic heterocycles. The van der Waals surface area contributed by atoms with E-state index in [0.29, 0.717) is 0 Å². The van der Waals surface area contributed by atoms with E-state index in [4.69, 9.17) is 4.74 Å². The molecule has 108 valence electrons. The Balaban J connectivity index is 2.04. The van der Waals surface area contributed by atoms with Gasteiger partial charge in [-0.1, -0.05) is 24.3 Å². The summed E-state index contributed by atoms with van der Waals surface area (Å²) in [5.74, 6) is -0.107. The van der Waals surface area contributed by atoms with Crippen molar-refractivity contribution in [3.8, 4) is 0 Å². The van der Waals surface area contributed by atoms with Crippen LogP contribution in [0.15, 0.2) is 24.3 Å². The van der Waals surface area contributed by atoms with E-state index < -0.39 is 5.54 Å². The van der Waals surface area contributed by atoms with Crippen LogP contribution in [0, 0.1) is 0 Å². The van der Waals surface area contributed by atoms with Gasteiger partial charge < -0.3 is 10.1 Å². The van der Waals surface area contributed by atoms with Gasteiger partial charge in [-0.25, -0.2) is 4.79 Å². The van der Waals surface area contributed by atoms with E-state index in [1.54, 1.807) is 0 Å². The predicted molar refractivity (Wildman–Crippen MR) is 77.5 cm³/mol. The number of ether oxygens (including phenoxy) is 1. The smallest absolute Gasteiger partial charge is 0.330 e. The molecular formula is C16H22N2O2. The van der Waals surface area contributed by atoms with Crippen LogP contribution in [0.25, 0.3) is 0 Å². The first kappa shape index (κ1) is 13.6. The zero-order valence-electron chi connectivity index (χ0n) is 12.0. The lowest BCUT2D eigenvalue weighted by Gasteiger charge is -2.39. The highest BCUT2D eigenvalue weighted by atomic mass is 16.5. The normalized spacial score (nSPS) is 26.9. The summed E-state index contributed by atoms with van der Waals surface area (Å²) in [6.45, 7) is 3.79. The number of nitrogens with zero attached hydrogens (tertiary/aromatic N) is 1. The molecule has 0 bridgehead atoms. The van der Waals surface area contributed by atoms with Crippen LogP contribution in [0.2, 0.25) is 0 Å². The largest absolute Gasteiger partial charge is 0.467 e. The maximum Gasteiger partial charge on any atom is 0.330 e. The van der Waals surface area contributed by atoms with Gasteiger partial charge in [-0.2, -0.15) is 0 Å². The molecular weight excluding hydrogens is 252 g/mol. The fourth-order valence-corrected chi connectivity index (χ4v) is 3.66. The average molecular weight is 274 g/mol. The van der Waals surface area contributed by atoms with Gasteiger partial charge in [0.2, 0.25) is 0 Å². The fourth-order valence-electron chi connectivity index (χ4n) is 3.66. The summed E-state index contributed by atoms with van der Waals surface area (Å²) < 4.78 is 5.19. The summed E-state index contributed by atoms with van der Waals surface area (Å²) in [5, 5.41) is 3.41. The van der Waals surface area contributed by atoms with Crippen LogP contribution in [-0.2, 0) is 21.5 Å². The van der Waals surface area contributed by atoms with Crippen molar-refractivity contribution in [1.29, 1.82) is 0 Å². The Morgan fingerprint density at radius 1 is 1.30 bits per heavy atom. The minimum atomic E-state index is -0.572. The minimum Gasteiger partial charge on any atom is -0.467 e. The van der Waals surface area contributed by atoms with Crippen molar-refractivity contribution in [1.82, 2.24) is 10.2 Å². The van der Waals surface area contributed by atoms with Crippen LogP contribution in [0.4, 0.5) is 0 Å². The van der Waals surface area contributed by atoms with Gasteiger partial charge in [-0.15, -0.1) is 0 Å². The Hall–Kier alpha value is -1.39. The second-order valence-electron chi connectivity index (χ2n) is 5.60. The molecule has 0 radical (unpaired) electrons. The molecule has 3 rings (SSSR count). The first-order chi connectivity index (χ1) is 9.79. The summed E-state index contributed by atoms with van der Waals surface area (Å²) >= 11 is 0. The monoisotopic (exact) mass is 274 g/mol. The van der Waals surface area contributed by atoms with Gasteiger partial charge in [0.25, 0.3) is 0 Å². The molecule has 1 saturated heterocycles. The predicted octanol–water partition coefficient (Wildman–Crippen LogP) is 1.30. The number of carbonyl (C=O) groups is 1. The van der Waals surface area contributed by atoms with Gasteiger partial charge in [-0.3, -0.25) is 4.90 Å². The van der Waals surface area contributed by atoms with Gasteiger partial charge in [-0.05, 0) is 36.9 Å². The molecule has 0 amide bonds.